The van der Waals surface area contributed by atoms with Crippen molar-refractivity contribution in [3.05, 3.63) is 29.8 Å². The quantitative estimate of drug-likeness (QED) is 0.732. The summed E-state index contributed by atoms with van der Waals surface area (Å²) in [4.78, 5) is 22.9. The van der Waals surface area contributed by atoms with Gasteiger partial charge in [0.2, 0.25) is 11.8 Å². The Kier molecular flexibility index (Phi) is 4.44. The summed E-state index contributed by atoms with van der Waals surface area (Å²) < 4.78 is 0. The third kappa shape index (κ3) is 3.07. The molecule has 18 heavy (non-hydrogen) atoms. The first kappa shape index (κ1) is 14.2. The van der Waals surface area contributed by atoms with Gasteiger partial charge in [0.25, 0.3) is 0 Å². The predicted octanol–water partition coefficient (Wildman–Crippen LogP) is 1.24. The van der Waals surface area contributed by atoms with Crippen LogP contribution in [0, 0.1) is 0 Å². The van der Waals surface area contributed by atoms with E-state index in [-0.39, 0.29) is 5.91 Å². The van der Waals surface area contributed by atoms with Gasteiger partial charge in [-0.25, -0.2) is 0 Å². The van der Waals surface area contributed by atoms with Gasteiger partial charge in [0, 0.05) is 11.3 Å². The molecule has 0 saturated heterocycles. The van der Waals surface area contributed by atoms with E-state index in [2.05, 4.69) is 5.32 Å². The molecule has 0 bridgehead atoms. The highest BCUT2D eigenvalue weighted by Gasteiger charge is 2.29. The number of hydrogen-bond acceptors (Lipinski definition) is 3. The van der Waals surface area contributed by atoms with Gasteiger partial charge in [-0.1, -0.05) is 13.8 Å². The van der Waals surface area contributed by atoms with E-state index in [1.54, 1.807) is 24.3 Å². The minimum absolute atomic E-state index is 0.223. The molecule has 0 radical (unpaired) electrons. The highest BCUT2D eigenvalue weighted by Crippen LogP contribution is 2.16. The van der Waals surface area contributed by atoms with Crippen LogP contribution < -0.4 is 16.8 Å². The first-order chi connectivity index (χ1) is 8.42. The van der Waals surface area contributed by atoms with Crippen LogP contribution in [0.25, 0.3) is 0 Å². The van der Waals surface area contributed by atoms with Gasteiger partial charge in [0.05, 0.1) is 5.54 Å². The highest BCUT2D eigenvalue weighted by molar-refractivity contribution is 5.98. The van der Waals surface area contributed by atoms with Gasteiger partial charge in [-0.3, -0.25) is 9.59 Å². The van der Waals surface area contributed by atoms with Gasteiger partial charge in [0.1, 0.15) is 0 Å². The van der Waals surface area contributed by atoms with E-state index >= 15 is 0 Å². The number of primary amides is 1. The number of anilines is 1. The molecule has 5 nitrogen and oxygen atoms in total. The van der Waals surface area contributed by atoms with Gasteiger partial charge < -0.3 is 16.8 Å². The molecular weight excluding hydrogens is 230 g/mol. The lowest BCUT2D eigenvalue weighted by Crippen LogP contribution is -2.50. The van der Waals surface area contributed by atoms with Gasteiger partial charge in [-0.2, -0.15) is 0 Å². The smallest absolute Gasteiger partial charge is 0.248 e. The molecule has 1 aromatic rings. The second-order valence-electron chi connectivity index (χ2n) is 4.26. The third-order valence-corrected chi connectivity index (χ3v) is 3.14. The first-order valence-corrected chi connectivity index (χ1v) is 5.93. The summed E-state index contributed by atoms with van der Waals surface area (Å²) in [6, 6.07) is 6.38. The molecule has 0 aliphatic rings. The standard InChI is InChI=1S/C13H19N3O2/c1-3-13(15,4-2)12(18)16-10-7-5-9(6-8-10)11(14)17/h5-8H,3-4,15H2,1-2H3,(H2,14,17)(H,16,18). The van der Waals surface area contributed by atoms with Crippen molar-refractivity contribution in [3.8, 4) is 0 Å². The van der Waals surface area contributed by atoms with Crippen LogP contribution in [0.3, 0.4) is 0 Å². The Hall–Kier alpha value is -1.88. The average Bonchev–Trinajstić information content (AvgIpc) is 2.38. The summed E-state index contributed by atoms with van der Waals surface area (Å²) in [6.45, 7) is 3.75. The zero-order valence-corrected chi connectivity index (χ0v) is 10.7. The summed E-state index contributed by atoms with van der Waals surface area (Å²) in [6.07, 6.45) is 1.13. The zero-order chi connectivity index (χ0) is 13.8. The van der Waals surface area contributed by atoms with Crippen molar-refractivity contribution < 1.29 is 9.59 Å². The van der Waals surface area contributed by atoms with Gasteiger partial charge in [-0.15, -0.1) is 0 Å². The number of amides is 2. The lowest BCUT2D eigenvalue weighted by molar-refractivity contribution is -0.121. The summed E-state index contributed by atoms with van der Waals surface area (Å²) in [7, 11) is 0. The van der Waals surface area contributed by atoms with Crippen molar-refractivity contribution in [2.45, 2.75) is 32.2 Å². The molecule has 1 rings (SSSR count). The molecule has 98 valence electrons. The lowest BCUT2D eigenvalue weighted by Gasteiger charge is -2.25. The highest BCUT2D eigenvalue weighted by atomic mass is 16.2. The Bertz CT molecular complexity index is 436. The molecule has 1 aromatic carbocycles. The van der Waals surface area contributed by atoms with E-state index in [0.29, 0.717) is 24.1 Å². The minimum Gasteiger partial charge on any atom is -0.366 e. The largest absolute Gasteiger partial charge is 0.366 e. The number of nitrogens with one attached hydrogen (secondary N) is 1. The van der Waals surface area contributed by atoms with Gasteiger partial charge >= 0.3 is 0 Å². The number of rotatable bonds is 5. The molecule has 0 aromatic heterocycles. The van der Waals surface area contributed by atoms with Crippen LogP contribution in [-0.4, -0.2) is 17.4 Å². The molecule has 0 unspecified atom stereocenters. The van der Waals surface area contributed by atoms with Crippen LogP contribution in [0.15, 0.2) is 24.3 Å². The monoisotopic (exact) mass is 249 g/mol. The number of nitrogens with two attached hydrogens (primary N) is 2. The summed E-state index contributed by atoms with van der Waals surface area (Å²) in [5, 5.41) is 2.73. The molecule has 0 atom stereocenters. The SMILES string of the molecule is CCC(N)(CC)C(=O)Nc1ccc(C(N)=O)cc1. The fourth-order valence-electron chi connectivity index (χ4n) is 1.54. The van der Waals surface area contributed by atoms with Crippen molar-refractivity contribution in [2.24, 2.45) is 11.5 Å². The molecule has 2 amide bonds. The van der Waals surface area contributed by atoms with Crippen molar-refractivity contribution in [1.29, 1.82) is 0 Å². The normalized spacial score (nSPS) is 11.1. The number of carbonyl (C=O) groups excluding carboxylic acids is 2. The van der Waals surface area contributed by atoms with E-state index in [4.69, 9.17) is 11.5 Å². The Balaban J connectivity index is 2.79. The van der Waals surface area contributed by atoms with Crippen molar-refractivity contribution in [1.82, 2.24) is 0 Å². The van der Waals surface area contributed by atoms with Gasteiger partial charge in [0.15, 0.2) is 0 Å². The molecule has 0 fully saturated rings. The molecular formula is C13H19N3O2. The Morgan fingerprint density at radius 3 is 2.06 bits per heavy atom. The summed E-state index contributed by atoms with van der Waals surface area (Å²) in [5.41, 5.74) is 11.3. The molecule has 0 heterocycles. The van der Waals surface area contributed by atoms with Crippen molar-refractivity contribution >= 4 is 17.5 Å². The van der Waals surface area contributed by atoms with Crippen LogP contribution in [0.5, 0.6) is 0 Å². The van der Waals surface area contributed by atoms with Crippen LogP contribution in [-0.2, 0) is 4.79 Å². The number of hydrogen-bond donors (Lipinski definition) is 3. The molecule has 0 aliphatic carbocycles. The fraction of sp³-hybridized carbons (Fsp3) is 0.385. The van der Waals surface area contributed by atoms with Gasteiger partial charge in [-0.05, 0) is 37.1 Å². The average molecular weight is 249 g/mol. The van der Waals surface area contributed by atoms with Crippen LogP contribution >= 0.6 is 0 Å². The van der Waals surface area contributed by atoms with E-state index in [9.17, 15) is 9.59 Å². The summed E-state index contributed by atoms with van der Waals surface area (Å²) in [5.74, 6) is -0.720. The number of carbonyl (C=O) groups is 2. The molecule has 0 aliphatic heterocycles. The lowest BCUT2D eigenvalue weighted by atomic mass is 9.93. The van der Waals surface area contributed by atoms with E-state index in [0.717, 1.165) is 0 Å². The van der Waals surface area contributed by atoms with E-state index < -0.39 is 11.4 Å². The maximum absolute atomic E-state index is 12.0. The Morgan fingerprint density at radius 1 is 1.17 bits per heavy atom. The zero-order valence-electron chi connectivity index (χ0n) is 10.7. The maximum atomic E-state index is 12.0. The Morgan fingerprint density at radius 2 is 1.67 bits per heavy atom. The first-order valence-electron chi connectivity index (χ1n) is 5.93. The van der Waals surface area contributed by atoms with E-state index in [1.807, 2.05) is 13.8 Å². The van der Waals surface area contributed by atoms with Crippen LogP contribution in [0.2, 0.25) is 0 Å². The maximum Gasteiger partial charge on any atom is 0.248 e. The fourth-order valence-corrected chi connectivity index (χ4v) is 1.54. The molecule has 0 spiro atoms. The molecule has 0 saturated carbocycles. The van der Waals surface area contributed by atoms with Crippen LogP contribution in [0.4, 0.5) is 5.69 Å². The van der Waals surface area contributed by atoms with Crippen LogP contribution in [0.1, 0.15) is 37.0 Å². The summed E-state index contributed by atoms with van der Waals surface area (Å²) >= 11 is 0. The second kappa shape index (κ2) is 5.64. The van der Waals surface area contributed by atoms with Crippen molar-refractivity contribution in [3.63, 3.8) is 0 Å². The van der Waals surface area contributed by atoms with Crippen molar-refractivity contribution in [2.75, 3.05) is 5.32 Å². The second-order valence-corrected chi connectivity index (χ2v) is 4.26. The predicted molar refractivity (Wildman–Crippen MR) is 71.1 cm³/mol. The number of benzene rings is 1. The molecule has 5 N–H and O–H groups in total. The van der Waals surface area contributed by atoms with E-state index in [1.165, 1.54) is 0 Å². The molecule has 5 heteroatoms. The Labute approximate surface area is 107 Å². The third-order valence-electron chi connectivity index (χ3n) is 3.14. The topological polar surface area (TPSA) is 98.2 Å². The minimum atomic E-state index is -0.859.